The number of hydrogen-bond donors (Lipinski definition) is 0. The van der Waals surface area contributed by atoms with E-state index < -0.39 is 0 Å². The van der Waals surface area contributed by atoms with Crippen molar-refractivity contribution in [2.24, 2.45) is 5.92 Å². The largest absolute Gasteiger partial charge is 0.469 e. The average molecular weight is 196 g/mol. The van der Waals surface area contributed by atoms with E-state index in [0.29, 0.717) is 6.42 Å². The molecule has 0 spiro atoms. The van der Waals surface area contributed by atoms with Crippen LogP contribution in [0.15, 0.2) is 0 Å². The molecule has 0 N–H and O–H groups in total. The lowest BCUT2D eigenvalue weighted by atomic mass is 9.98. The molecule has 0 atom stereocenters. The average Bonchev–Trinajstić information content (AvgIpc) is 2.26. The molecule has 1 rings (SSSR count). The predicted molar refractivity (Wildman–Crippen MR) is 51.4 cm³/mol. The fraction of sp³-hybridized carbons (Fsp3) is 0.800. The Kier molecular flexibility index (Phi) is 4.41. The normalized spacial score (nSPS) is 18.9. The number of nitriles is 1. The first-order valence-corrected chi connectivity index (χ1v) is 4.95. The summed E-state index contributed by atoms with van der Waals surface area (Å²) in [5.74, 6) is 0.0526. The van der Waals surface area contributed by atoms with E-state index in [4.69, 9.17) is 5.26 Å². The van der Waals surface area contributed by atoms with Crippen LogP contribution in [0.1, 0.15) is 19.3 Å². The topological polar surface area (TPSA) is 53.3 Å². The van der Waals surface area contributed by atoms with E-state index in [0.717, 1.165) is 32.5 Å². The van der Waals surface area contributed by atoms with Crippen LogP contribution in [-0.2, 0) is 9.53 Å². The maximum Gasteiger partial charge on any atom is 0.306 e. The Balaban J connectivity index is 2.17. The number of hydrogen-bond acceptors (Lipinski definition) is 4. The van der Waals surface area contributed by atoms with Crippen molar-refractivity contribution >= 4 is 5.97 Å². The van der Waals surface area contributed by atoms with Gasteiger partial charge in [-0.05, 0) is 25.9 Å². The van der Waals surface area contributed by atoms with Gasteiger partial charge in [0.2, 0.25) is 0 Å². The van der Waals surface area contributed by atoms with E-state index in [2.05, 4.69) is 15.7 Å². The molecule has 0 aromatic carbocycles. The highest BCUT2D eigenvalue weighted by molar-refractivity contribution is 5.69. The highest BCUT2D eigenvalue weighted by Crippen LogP contribution is 2.15. The highest BCUT2D eigenvalue weighted by Gasteiger charge is 2.18. The Labute approximate surface area is 84.4 Å². The number of piperidine rings is 1. The van der Waals surface area contributed by atoms with Gasteiger partial charge >= 0.3 is 5.97 Å². The molecular formula is C10H16N2O2. The second-order valence-corrected chi connectivity index (χ2v) is 3.57. The first kappa shape index (κ1) is 11.0. The predicted octanol–water partition coefficient (Wildman–Crippen LogP) is 0.785. The third kappa shape index (κ3) is 3.35. The molecule has 1 aliphatic rings. The van der Waals surface area contributed by atoms with Gasteiger partial charge in [0.1, 0.15) is 0 Å². The summed E-state index contributed by atoms with van der Waals surface area (Å²) in [6.45, 7) is 2.61. The molecule has 0 aliphatic carbocycles. The minimum absolute atomic E-state index is 0.160. The molecular weight excluding hydrogens is 180 g/mol. The zero-order valence-corrected chi connectivity index (χ0v) is 8.53. The van der Waals surface area contributed by atoms with E-state index in [9.17, 15) is 4.79 Å². The van der Waals surface area contributed by atoms with E-state index >= 15 is 0 Å². The highest BCUT2D eigenvalue weighted by atomic mass is 16.5. The molecule has 1 aliphatic heterocycles. The molecule has 4 nitrogen and oxygen atoms in total. The van der Waals surface area contributed by atoms with Crippen LogP contribution < -0.4 is 0 Å². The Morgan fingerprint density at radius 3 is 2.71 bits per heavy atom. The second kappa shape index (κ2) is 5.61. The minimum Gasteiger partial charge on any atom is -0.469 e. The number of carbonyl (C=O) groups is 1. The number of esters is 1. The van der Waals surface area contributed by atoms with Crippen molar-refractivity contribution in [3.05, 3.63) is 0 Å². The molecule has 0 amide bonds. The van der Waals surface area contributed by atoms with E-state index in [1.165, 1.54) is 7.11 Å². The molecule has 0 unspecified atom stereocenters. The monoisotopic (exact) mass is 196 g/mol. The lowest BCUT2D eigenvalue weighted by Crippen LogP contribution is -2.34. The molecule has 0 radical (unpaired) electrons. The van der Waals surface area contributed by atoms with Crippen molar-refractivity contribution in [3.8, 4) is 6.07 Å². The van der Waals surface area contributed by atoms with Gasteiger partial charge < -0.3 is 9.64 Å². The van der Waals surface area contributed by atoms with Gasteiger partial charge in [0, 0.05) is 12.5 Å². The number of likely N-dealkylation sites (tertiary alicyclic amines) is 1. The zero-order valence-electron chi connectivity index (χ0n) is 8.53. The van der Waals surface area contributed by atoms with Crippen LogP contribution in [0.2, 0.25) is 0 Å². The second-order valence-electron chi connectivity index (χ2n) is 3.57. The van der Waals surface area contributed by atoms with Crippen molar-refractivity contribution in [1.29, 1.82) is 5.26 Å². The Morgan fingerprint density at radius 1 is 1.57 bits per heavy atom. The molecule has 0 bridgehead atoms. The van der Waals surface area contributed by atoms with E-state index in [1.807, 2.05) is 0 Å². The minimum atomic E-state index is -0.160. The smallest absolute Gasteiger partial charge is 0.306 e. The van der Waals surface area contributed by atoms with Crippen molar-refractivity contribution in [3.63, 3.8) is 0 Å². The summed E-state index contributed by atoms with van der Waals surface area (Å²) in [5, 5.41) is 8.69. The van der Waals surface area contributed by atoms with Gasteiger partial charge in [-0.1, -0.05) is 0 Å². The SMILES string of the molecule is COC(=O)CCN1CCC(C#N)CC1. The standard InChI is InChI=1S/C10H16N2O2/c1-14-10(13)4-7-12-5-2-9(8-11)3-6-12/h9H,2-7H2,1H3. The van der Waals surface area contributed by atoms with Gasteiger partial charge in [-0.2, -0.15) is 5.26 Å². The quantitative estimate of drug-likeness (QED) is 0.626. The summed E-state index contributed by atoms with van der Waals surface area (Å²) in [5.41, 5.74) is 0. The van der Waals surface area contributed by atoms with Crippen LogP contribution in [0.3, 0.4) is 0 Å². The Morgan fingerprint density at radius 2 is 2.21 bits per heavy atom. The van der Waals surface area contributed by atoms with E-state index in [-0.39, 0.29) is 11.9 Å². The lowest BCUT2D eigenvalue weighted by molar-refractivity contribution is -0.141. The molecule has 0 saturated carbocycles. The van der Waals surface area contributed by atoms with Crippen LogP contribution >= 0.6 is 0 Å². The summed E-state index contributed by atoms with van der Waals surface area (Å²) in [7, 11) is 1.41. The third-order valence-electron chi connectivity index (χ3n) is 2.63. The first-order valence-electron chi connectivity index (χ1n) is 4.95. The molecule has 1 heterocycles. The fourth-order valence-electron chi connectivity index (χ4n) is 1.64. The number of nitrogens with zero attached hydrogens (tertiary/aromatic N) is 2. The maximum atomic E-state index is 10.9. The van der Waals surface area contributed by atoms with Crippen molar-refractivity contribution < 1.29 is 9.53 Å². The van der Waals surface area contributed by atoms with Gasteiger partial charge in [0.05, 0.1) is 19.6 Å². The summed E-state index contributed by atoms with van der Waals surface area (Å²) < 4.78 is 4.57. The molecule has 1 fully saturated rings. The molecule has 0 aromatic heterocycles. The summed E-state index contributed by atoms with van der Waals surface area (Å²) in [6, 6.07) is 2.28. The third-order valence-corrected chi connectivity index (χ3v) is 2.63. The first-order chi connectivity index (χ1) is 6.76. The molecule has 0 aromatic rings. The summed E-state index contributed by atoms with van der Waals surface area (Å²) >= 11 is 0. The van der Waals surface area contributed by atoms with Crippen LogP contribution in [0.5, 0.6) is 0 Å². The number of carbonyl (C=O) groups excluding carboxylic acids is 1. The Hall–Kier alpha value is -1.08. The van der Waals surface area contributed by atoms with Crippen molar-refractivity contribution in [2.75, 3.05) is 26.7 Å². The fourth-order valence-corrected chi connectivity index (χ4v) is 1.64. The summed E-state index contributed by atoms with van der Waals surface area (Å²) in [6.07, 6.45) is 2.31. The lowest BCUT2D eigenvalue weighted by Gasteiger charge is -2.28. The summed E-state index contributed by atoms with van der Waals surface area (Å²) in [4.78, 5) is 13.1. The van der Waals surface area contributed by atoms with Crippen molar-refractivity contribution in [1.82, 2.24) is 4.90 Å². The molecule has 14 heavy (non-hydrogen) atoms. The number of rotatable bonds is 3. The number of methoxy groups -OCH3 is 1. The van der Waals surface area contributed by atoms with Gasteiger partial charge in [0.25, 0.3) is 0 Å². The van der Waals surface area contributed by atoms with Crippen LogP contribution in [0.25, 0.3) is 0 Å². The molecule has 1 saturated heterocycles. The van der Waals surface area contributed by atoms with Crippen LogP contribution in [-0.4, -0.2) is 37.6 Å². The van der Waals surface area contributed by atoms with Crippen LogP contribution in [0.4, 0.5) is 0 Å². The Bertz CT molecular complexity index is 227. The number of ether oxygens (including phenoxy) is 1. The van der Waals surface area contributed by atoms with Gasteiger partial charge in [-0.25, -0.2) is 0 Å². The maximum absolute atomic E-state index is 10.9. The molecule has 78 valence electrons. The van der Waals surface area contributed by atoms with E-state index in [1.54, 1.807) is 0 Å². The van der Waals surface area contributed by atoms with Crippen LogP contribution in [0, 0.1) is 17.2 Å². The van der Waals surface area contributed by atoms with Gasteiger partial charge in [-0.3, -0.25) is 4.79 Å². The zero-order chi connectivity index (χ0) is 10.4. The van der Waals surface area contributed by atoms with Gasteiger partial charge in [0.15, 0.2) is 0 Å². The van der Waals surface area contributed by atoms with Crippen molar-refractivity contribution in [2.45, 2.75) is 19.3 Å². The van der Waals surface area contributed by atoms with Gasteiger partial charge in [-0.15, -0.1) is 0 Å². The molecule has 4 heteroatoms.